The van der Waals surface area contributed by atoms with Crippen molar-refractivity contribution in [2.45, 2.75) is 0 Å². The van der Waals surface area contributed by atoms with E-state index < -0.39 is 10.2 Å². The number of aryl methyl sites for hydroxylation is 1. The Morgan fingerprint density at radius 3 is 1.82 bits per heavy atom. The number of hydrogen-bond acceptors (Lipinski definition) is 5. The fourth-order valence-electron chi connectivity index (χ4n) is 0.323. The molecule has 0 amide bonds. The quantitative estimate of drug-likeness (QED) is 0.376. The first-order valence-corrected chi connectivity index (χ1v) is 3.64. The Kier molecular flexibility index (Phi) is 4.01. The summed E-state index contributed by atoms with van der Waals surface area (Å²) in [6.07, 6.45) is 3.46. The van der Waals surface area contributed by atoms with Gasteiger partial charge in [-0.05, 0) is 4.74 Å². The second-order valence-corrected chi connectivity index (χ2v) is 2.26. The standard InChI is InChI=1S/C4H6NO.ClHO4/c1-5-3-2-4-6-5;2-1(3,4)5/h2-4H,1H3;(H,2,3,4,5)/q+1;/p-1. The molecule has 0 saturated carbocycles. The lowest BCUT2D eigenvalue weighted by Crippen LogP contribution is -2.68. The Morgan fingerprint density at radius 2 is 1.73 bits per heavy atom. The summed E-state index contributed by atoms with van der Waals surface area (Å²) in [5.74, 6) is 0. The van der Waals surface area contributed by atoms with Crippen LogP contribution in [0.4, 0.5) is 0 Å². The number of aromatic nitrogens is 1. The van der Waals surface area contributed by atoms with Crippen LogP contribution < -0.4 is 23.4 Å². The van der Waals surface area contributed by atoms with Gasteiger partial charge in [0.15, 0.2) is 13.3 Å². The fraction of sp³-hybridized carbons (Fsp3) is 0.250. The molecule has 11 heavy (non-hydrogen) atoms. The van der Waals surface area contributed by atoms with Crippen molar-refractivity contribution in [2.75, 3.05) is 0 Å². The van der Waals surface area contributed by atoms with Gasteiger partial charge < -0.3 is 0 Å². The van der Waals surface area contributed by atoms with Crippen LogP contribution in [0.2, 0.25) is 0 Å². The van der Waals surface area contributed by atoms with E-state index in [9.17, 15) is 0 Å². The van der Waals surface area contributed by atoms with Crippen LogP contribution in [-0.2, 0) is 7.05 Å². The van der Waals surface area contributed by atoms with E-state index >= 15 is 0 Å². The van der Waals surface area contributed by atoms with E-state index in [0.717, 1.165) is 0 Å². The zero-order valence-electron chi connectivity index (χ0n) is 5.60. The monoisotopic (exact) mass is 183 g/mol. The van der Waals surface area contributed by atoms with Gasteiger partial charge in [-0.15, -0.1) is 10.2 Å². The Bertz CT molecular complexity index is 175. The van der Waals surface area contributed by atoms with E-state index in [1.165, 1.54) is 0 Å². The summed E-state index contributed by atoms with van der Waals surface area (Å²) in [7, 11) is -3.11. The molecule has 1 aromatic rings. The summed E-state index contributed by atoms with van der Waals surface area (Å²) < 4.78 is 40.3. The Balaban J connectivity index is 0.000000187. The first kappa shape index (κ1) is 10.3. The molecular weight excluding hydrogens is 177 g/mol. The van der Waals surface area contributed by atoms with Gasteiger partial charge in [0.25, 0.3) is 0 Å². The van der Waals surface area contributed by atoms with Crippen molar-refractivity contribution >= 4 is 0 Å². The number of hydrogen-bond donors (Lipinski definition) is 0. The van der Waals surface area contributed by atoms with Crippen LogP contribution in [0.1, 0.15) is 0 Å². The average molecular weight is 184 g/mol. The predicted molar refractivity (Wildman–Crippen MR) is 19.9 cm³/mol. The summed E-state index contributed by atoms with van der Waals surface area (Å²) in [6.45, 7) is 0. The summed E-state index contributed by atoms with van der Waals surface area (Å²) in [4.78, 5) is 0. The Labute approximate surface area is 64.6 Å². The van der Waals surface area contributed by atoms with Crippen LogP contribution in [-0.4, -0.2) is 0 Å². The summed E-state index contributed by atoms with van der Waals surface area (Å²) in [5, 5.41) is 0. The molecule has 0 aromatic carbocycles. The first-order chi connectivity index (χ1) is 4.89. The van der Waals surface area contributed by atoms with Crippen molar-refractivity contribution < 1.29 is 38.1 Å². The molecule has 0 radical (unpaired) electrons. The molecule has 64 valence electrons. The molecule has 6 nitrogen and oxygen atoms in total. The fourth-order valence-corrected chi connectivity index (χ4v) is 0.323. The lowest BCUT2D eigenvalue weighted by atomic mass is 10.8. The number of nitrogens with zero attached hydrogens (tertiary/aromatic N) is 1. The van der Waals surface area contributed by atoms with Gasteiger partial charge in [0.1, 0.15) is 0 Å². The van der Waals surface area contributed by atoms with E-state index in [2.05, 4.69) is 0 Å². The van der Waals surface area contributed by atoms with Crippen molar-refractivity contribution in [1.82, 2.24) is 0 Å². The highest BCUT2D eigenvalue weighted by atomic mass is 35.7. The van der Waals surface area contributed by atoms with Crippen molar-refractivity contribution in [2.24, 2.45) is 7.05 Å². The maximum atomic E-state index is 8.49. The van der Waals surface area contributed by atoms with Gasteiger partial charge in [0.2, 0.25) is 6.20 Å². The molecule has 0 aliphatic carbocycles. The molecule has 0 aliphatic rings. The average Bonchev–Trinajstić information content (AvgIpc) is 2.12. The van der Waals surface area contributed by atoms with E-state index in [1.54, 1.807) is 11.0 Å². The normalized spacial score (nSPS) is 10.3. The van der Waals surface area contributed by atoms with E-state index in [4.69, 9.17) is 23.2 Å². The highest BCUT2D eigenvalue weighted by Gasteiger charge is 1.84. The Hall–Kier alpha value is -0.660. The molecule has 0 spiro atoms. The lowest BCUT2D eigenvalue weighted by Gasteiger charge is -2.17. The number of rotatable bonds is 0. The first-order valence-electron chi connectivity index (χ1n) is 2.41. The molecular formula is C4H6ClNO5. The predicted octanol–water partition coefficient (Wildman–Crippen LogP) is -4.65. The zero-order valence-corrected chi connectivity index (χ0v) is 6.35. The summed E-state index contributed by atoms with van der Waals surface area (Å²) in [6, 6.07) is 1.83. The van der Waals surface area contributed by atoms with Crippen molar-refractivity contribution in [1.29, 1.82) is 0 Å². The molecule has 1 heterocycles. The molecule has 0 aliphatic heterocycles. The van der Waals surface area contributed by atoms with Crippen LogP contribution in [0, 0.1) is 10.2 Å². The highest BCUT2D eigenvalue weighted by Crippen LogP contribution is 1.69. The van der Waals surface area contributed by atoms with Crippen LogP contribution in [0.3, 0.4) is 0 Å². The van der Waals surface area contributed by atoms with Crippen molar-refractivity contribution in [3.05, 3.63) is 18.5 Å². The van der Waals surface area contributed by atoms with Gasteiger partial charge in [0.05, 0.1) is 0 Å². The Morgan fingerprint density at radius 1 is 1.27 bits per heavy atom. The van der Waals surface area contributed by atoms with Crippen molar-refractivity contribution in [3.8, 4) is 0 Å². The summed E-state index contributed by atoms with van der Waals surface area (Å²) in [5.41, 5.74) is 0. The second kappa shape index (κ2) is 4.27. The maximum Gasteiger partial charge on any atom is 0.219 e. The van der Waals surface area contributed by atoms with Crippen molar-refractivity contribution in [3.63, 3.8) is 0 Å². The van der Waals surface area contributed by atoms with Gasteiger partial charge in [-0.3, -0.25) is 0 Å². The van der Waals surface area contributed by atoms with Gasteiger partial charge >= 0.3 is 0 Å². The number of halogens is 1. The molecule has 0 bridgehead atoms. The molecule has 7 heteroatoms. The lowest BCUT2D eigenvalue weighted by molar-refractivity contribution is -2.00. The third-order valence-electron chi connectivity index (χ3n) is 0.602. The molecule has 0 unspecified atom stereocenters. The highest BCUT2D eigenvalue weighted by molar-refractivity contribution is 4.62. The van der Waals surface area contributed by atoms with E-state index in [0.29, 0.717) is 0 Å². The minimum absolute atomic E-state index is 1.62. The topological polar surface area (TPSA) is 109 Å². The smallest absolute Gasteiger partial charge is 0.219 e. The zero-order chi connectivity index (χ0) is 8.91. The van der Waals surface area contributed by atoms with Crippen LogP contribution in [0.5, 0.6) is 0 Å². The molecule has 0 saturated heterocycles. The SMILES string of the molecule is C[n+]1ccco1.[O-][Cl+3]([O-])([O-])[O-]. The van der Waals surface area contributed by atoms with Gasteiger partial charge in [-0.25, -0.2) is 23.2 Å². The minimum Gasteiger partial charge on any atom is -0.245 e. The maximum absolute atomic E-state index is 8.49. The molecule has 1 rings (SSSR count). The van der Waals surface area contributed by atoms with Gasteiger partial charge in [0, 0.05) is 6.07 Å². The van der Waals surface area contributed by atoms with E-state index in [1.807, 2.05) is 19.3 Å². The second-order valence-electron chi connectivity index (χ2n) is 1.51. The van der Waals surface area contributed by atoms with E-state index in [-0.39, 0.29) is 0 Å². The molecule has 0 atom stereocenters. The molecule has 0 N–H and O–H groups in total. The molecule has 1 aromatic heterocycles. The van der Waals surface area contributed by atoms with Gasteiger partial charge in [-0.1, -0.05) is 0 Å². The van der Waals surface area contributed by atoms with Gasteiger partial charge in [-0.2, -0.15) is 0 Å². The van der Waals surface area contributed by atoms with Crippen LogP contribution in [0.15, 0.2) is 23.0 Å². The third kappa shape index (κ3) is 12.5. The van der Waals surface area contributed by atoms with Crippen LogP contribution >= 0.6 is 0 Å². The minimum atomic E-state index is -4.94. The summed E-state index contributed by atoms with van der Waals surface area (Å²) >= 11 is 0. The largest absolute Gasteiger partial charge is 0.245 e. The van der Waals surface area contributed by atoms with Crippen LogP contribution in [0.25, 0.3) is 0 Å². The third-order valence-corrected chi connectivity index (χ3v) is 0.602. The molecule has 0 fully saturated rings.